The van der Waals surface area contributed by atoms with Crippen molar-refractivity contribution in [2.75, 3.05) is 25.6 Å². The van der Waals surface area contributed by atoms with Crippen LogP contribution < -0.4 is 11.4 Å². The van der Waals surface area contributed by atoms with Crippen LogP contribution in [0.25, 0.3) is 0 Å². The van der Waals surface area contributed by atoms with Gasteiger partial charge in [0.05, 0.1) is 19.3 Å². The predicted octanol–water partition coefficient (Wildman–Crippen LogP) is 7.77. The normalized spacial score (nSPS) is 21.1. The molecule has 21 heteroatoms. The van der Waals surface area contributed by atoms with Crippen molar-refractivity contribution in [2.45, 2.75) is 160 Å². The monoisotopic (exact) mass is 999 g/mol. The van der Waals surface area contributed by atoms with Gasteiger partial charge in [0.15, 0.2) is 12.3 Å². The van der Waals surface area contributed by atoms with Gasteiger partial charge in [-0.1, -0.05) is 139 Å². The number of unbranched alkanes of at least 4 members (excludes halogenated alkanes) is 5. The van der Waals surface area contributed by atoms with Gasteiger partial charge in [-0.25, -0.2) is 13.9 Å². The molecule has 0 amide bonds. The van der Waals surface area contributed by atoms with E-state index < -0.39 is 89.8 Å². The summed E-state index contributed by atoms with van der Waals surface area (Å²) in [6.07, 6.45) is 27.9. The number of allylic oxidation sites excluding steroid dienone is 10. The Morgan fingerprint density at radius 1 is 0.838 bits per heavy atom. The van der Waals surface area contributed by atoms with Crippen molar-refractivity contribution in [1.29, 1.82) is 0 Å². The van der Waals surface area contributed by atoms with Gasteiger partial charge >= 0.3 is 33.3 Å². The minimum atomic E-state index is -5.44. The molecule has 19 nitrogen and oxygen atoms in total. The summed E-state index contributed by atoms with van der Waals surface area (Å²) in [5.74, 6) is -0.746. The van der Waals surface area contributed by atoms with Crippen molar-refractivity contribution < 1.29 is 71.4 Å². The Balaban J connectivity index is 1.86. The van der Waals surface area contributed by atoms with E-state index in [2.05, 4.69) is 42.2 Å². The van der Waals surface area contributed by atoms with Crippen molar-refractivity contribution in [2.24, 2.45) is 5.92 Å². The summed E-state index contributed by atoms with van der Waals surface area (Å²) in [5, 5.41) is 30.9. The van der Waals surface area contributed by atoms with Gasteiger partial charge in [-0.05, 0) is 56.9 Å². The molecule has 0 spiro atoms. The summed E-state index contributed by atoms with van der Waals surface area (Å²) in [6.45, 7) is 4.08. The van der Waals surface area contributed by atoms with E-state index in [1.54, 1.807) is 12.2 Å². The first-order chi connectivity index (χ1) is 32.5. The number of phosphoric ester groups is 2. The maximum atomic E-state index is 12.8. The third kappa shape index (κ3) is 27.4. The molecule has 68 heavy (non-hydrogen) atoms. The Morgan fingerprint density at radius 3 is 2.19 bits per heavy atom. The Labute approximate surface area is 400 Å². The number of rotatable bonds is 36. The Morgan fingerprint density at radius 2 is 1.49 bits per heavy atom. The van der Waals surface area contributed by atoms with Gasteiger partial charge in [0, 0.05) is 19.0 Å². The van der Waals surface area contributed by atoms with Gasteiger partial charge < -0.3 is 45.1 Å². The number of ether oxygens (including phenoxy) is 3. The number of nitrogens with two attached hydrogens (primary N) is 1. The molecule has 0 aromatic carbocycles. The van der Waals surface area contributed by atoms with E-state index in [9.17, 15) is 48.6 Å². The molecule has 1 aliphatic rings. The fourth-order valence-electron chi connectivity index (χ4n) is 6.40. The van der Waals surface area contributed by atoms with E-state index >= 15 is 0 Å². The summed E-state index contributed by atoms with van der Waals surface area (Å²) < 4.78 is 56.4. The summed E-state index contributed by atoms with van der Waals surface area (Å²) in [6, 6.07) is 1.24. The smallest absolute Gasteiger partial charge is 0.462 e. The van der Waals surface area contributed by atoms with Gasteiger partial charge in [-0.15, -0.1) is 0 Å². The molecular formula is C47H75N3O16P2. The molecule has 0 radical (unpaired) electrons. The van der Waals surface area contributed by atoms with Crippen LogP contribution in [0.4, 0.5) is 5.82 Å². The molecule has 7 N–H and O–H groups in total. The second kappa shape index (κ2) is 34.5. The lowest BCUT2D eigenvalue weighted by atomic mass is 10.00. The zero-order valence-corrected chi connectivity index (χ0v) is 41.4. The summed E-state index contributed by atoms with van der Waals surface area (Å²) in [5.41, 5.74) is 4.56. The molecule has 2 heterocycles. The molecule has 0 saturated carbocycles. The minimum absolute atomic E-state index is 0.0188. The number of hydrogen-bond acceptors (Lipinski definition) is 16. The van der Waals surface area contributed by atoms with E-state index in [0.29, 0.717) is 38.0 Å². The number of aliphatic hydroxyl groups excluding tert-OH is 3. The van der Waals surface area contributed by atoms with Crippen molar-refractivity contribution in [1.82, 2.24) is 9.55 Å². The molecule has 1 saturated heterocycles. The lowest BCUT2D eigenvalue weighted by molar-refractivity contribution is -0.161. The van der Waals surface area contributed by atoms with Crippen LogP contribution in [0.15, 0.2) is 90.0 Å². The van der Waals surface area contributed by atoms with Crippen LogP contribution in [0.2, 0.25) is 0 Å². The van der Waals surface area contributed by atoms with Crippen LogP contribution in [0, 0.1) is 5.92 Å². The largest absolute Gasteiger partial charge is 0.481 e. The molecule has 2 rings (SSSR count). The lowest BCUT2D eigenvalue weighted by Crippen LogP contribution is -2.36. The van der Waals surface area contributed by atoms with Crippen LogP contribution in [-0.4, -0.2) is 96.9 Å². The molecule has 1 aromatic rings. The van der Waals surface area contributed by atoms with Crippen LogP contribution in [0.5, 0.6) is 0 Å². The van der Waals surface area contributed by atoms with Crippen molar-refractivity contribution >= 4 is 33.4 Å². The highest BCUT2D eigenvalue weighted by Crippen LogP contribution is 2.60. The van der Waals surface area contributed by atoms with Crippen molar-refractivity contribution in [3.8, 4) is 0 Å². The predicted molar refractivity (Wildman–Crippen MR) is 258 cm³/mol. The molecule has 0 aliphatic carbocycles. The highest BCUT2D eigenvalue weighted by molar-refractivity contribution is 7.61. The van der Waals surface area contributed by atoms with E-state index in [0.717, 1.165) is 62.1 Å². The quantitative estimate of drug-likeness (QED) is 0.0123. The number of phosphoric acid groups is 2. The number of carbonyl (C=O) groups is 2. The minimum Gasteiger partial charge on any atom is -0.462 e. The molecule has 9 atom stereocenters. The van der Waals surface area contributed by atoms with E-state index in [-0.39, 0.29) is 18.7 Å². The fraction of sp³-hybridized carbons (Fsp3) is 0.617. The second-order valence-corrected chi connectivity index (χ2v) is 19.4. The van der Waals surface area contributed by atoms with E-state index in [4.69, 9.17) is 29.0 Å². The number of anilines is 1. The van der Waals surface area contributed by atoms with Gasteiger partial charge in [0.2, 0.25) is 0 Å². The van der Waals surface area contributed by atoms with E-state index in [1.807, 2.05) is 48.6 Å². The van der Waals surface area contributed by atoms with Gasteiger partial charge in [0.1, 0.15) is 30.7 Å². The van der Waals surface area contributed by atoms with Crippen LogP contribution >= 0.6 is 15.6 Å². The maximum absolute atomic E-state index is 12.8. The number of hydrogen-bond donors (Lipinski definition) is 6. The van der Waals surface area contributed by atoms with Crippen molar-refractivity contribution in [3.05, 3.63) is 95.7 Å². The molecule has 1 aliphatic heterocycles. The summed E-state index contributed by atoms with van der Waals surface area (Å²) >= 11 is 0. The van der Waals surface area contributed by atoms with Gasteiger partial charge in [-0.2, -0.15) is 9.29 Å². The van der Waals surface area contributed by atoms with Crippen molar-refractivity contribution in [3.63, 3.8) is 0 Å². The highest BCUT2D eigenvalue weighted by Gasteiger charge is 2.46. The number of aromatic nitrogens is 2. The molecule has 384 valence electrons. The first-order valence-corrected chi connectivity index (χ1v) is 26.4. The fourth-order valence-corrected chi connectivity index (χ4v) is 8.51. The SMILES string of the molecule is CC/C=C\C/C=C\CC(O)/C=C/C=C\C/C=C\C/C=C\CCC(=O)OC[C@H](COP(=O)(O)OP(=O)(O)OC[C@H]1O[C@@H](n2ccc(N)nc2=O)[C@H](O)[C@@H]1O)OC(=O)CCCCCCCCC(C)CC. The Bertz CT molecular complexity index is 1950. The Hall–Kier alpha value is -3.84. The molecule has 0 bridgehead atoms. The van der Waals surface area contributed by atoms with E-state index in [1.165, 1.54) is 12.5 Å². The number of aliphatic hydroxyl groups is 3. The van der Waals surface area contributed by atoms with Gasteiger partial charge in [0.25, 0.3) is 0 Å². The molecule has 1 fully saturated rings. The third-order valence-corrected chi connectivity index (χ3v) is 13.0. The van der Waals surface area contributed by atoms with Gasteiger partial charge in [-0.3, -0.25) is 23.2 Å². The molecule has 1 aromatic heterocycles. The zero-order valence-electron chi connectivity index (χ0n) is 39.7. The van der Waals surface area contributed by atoms with Crippen LogP contribution in [-0.2, 0) is 46.3 Å². The number of nitrogens with zero attached hydrogens (tertiary/aromatic N) is 2. The first-order valence-electron chi connectivity index (χ1n) is 23.5. The third-order valence-electron chi connectivity index (χ3n) is 10.4. The van der Waals surface area contributed by atoms with Crippen LogP contribution in [0.3, 0.4) is 0 Å². The number of esters is 2. The highest BCUT2D eigenvalue weighted by atomic mass is 31.3. The Kier molecular flexibility index (Phi) is 30.5. The summed E-state index contributed by atoms with van der Waals surface area (Å²) in [4.78, 5) is 61.6. The topological polar surface area (TPSA) is 286 Å². The standard InChI is InChI=1S/C47H75N3O16P2/c1-4-6-7-8-18-23-28-38(51)29-24-19-13-11-9-10-12-14-20-25-30-42(52)61-34-39(64-43(53)31-26-21-16-15-17-22-27-37(3)5-2)35-62-67(57,58)66-68(59,60)63-36-40-44(54)45(55)46(65-40)50-33-32-41(48)49-47(50)56/h6-7,9-10,13-14,18-20,23-24,29,32-33,37-40,44-46,51,54-55H,4-5,8,11-12,15-17,21-22,25-28,30-31,34-36H2,1-3H3,(H,57,58)(H,59,60)(H2,48,49,56)/b7-6-,10-9-,19-13-,20-14-,23-18-,29-24+/t37?,38?,39-,40-,44-,45-,46-/m1/s1. The average molecular weight is 1000 g/mol. The first kappa shape index (κ1) is 60.3. The lowest BCUT2D eigenvalue weighted by Gasteiger charge is -2.21. The maximum Gasteiger partial charge on any atom is 0.481 e. The molecule has 4 unspecified atom stereocenters. The zero-order chi connectivity index (χ0) is 50.2. The number of nitrogen functional groups attached to an aromatic ring is 1. The second-order valence-electron chi connectivity index (χ2n) is 16.3. The number of carbonyl (C=O) groups excluding carboxylic acids is 2. The van der Waals surface area contributed by atoms with Crippen LogP contribution in [0.1, 0.15) is 130 Å². The molecular weight excluding hydrogens is 924 g/mol. The summed E-state index contributed by atoms with van der Waals surface area (Å²) in [7, 11) is -10.9. The average Bonchev–Trinajstić information content (AvgIpc) is 3.57.